The van der Waals surface area contributed by atoms with Crippen molar-refractivity contribution < 1.29 is 27.9 Å². The fraction of sp³-hybridized carbons (Fsp3) is 1.00. The number of ether oxygens (including phenoxy) is 2. The number of likely N-dealkylation sites (N-methyl/N-ethyl adjacent to an activating group) is 1. The molecule has 0 amide bonds. The van der Waals surface area contributed by atoms with Crippen LogP contribution in [0.4, 0.5) is 0 Å². The Labute approximate surface area is 205 Å². The standard InChI is InChI=1S/C26H56NO5P/c1-6-7-8-9-10-11-12-13-14-15-16-17-18-19-22-31-25-26(30-5)20-24-33(28,29)32-23-21-27(2,3)4/h26H,6-25H2,1-5H3/t26-/m1/s1. The molecule has 33 heavy (non-hydrogen) atoms. The predicted octanol–water partition coefficient (Wildman–Crippen LogP) is 6.17. The molecule has 1 unspecified atom stereocenters. The van der Waals surface area contributed by atoms with Gasteiger partial charge in [0.05, 0.1) is 33.9 Å². The maximum atomic E-state index is 12.1. The van der Waals surface area contributed by atoms with Crippen LogP contribution < -0.4 is 4.89 Å². The highest BCUT2D eigenvalue weighted by atomic mass is 31.2. The highest BCUT2D eigenvalue weighted by Crippen LogP contribution is 2.38. The summed E-state index contributed by atoms with van der Waals surface area (Å²) in [5.74, 6) is 0. The van der Waals surface area contributed by atoms with Gasteiger partial charge in [-0.15, -0.1) is 0 Å². The SMILES string of the molecule is CCCCCCCCCCCCCCCCOC[C@@H](CCP(=O)([O-])OCC[N+](C)(C)C)OC. The fourth-order valence-corrected chi connectivity index (χ4v) is 4.80. The molecule has 0 saturated carbocycles. The van der Waals surface area contributed by atoms with Crippen LogP contribution in [0.3, 0.4) is 0 Å². The van der Waals surface area contributed by atoms with Gasteiger partial charge in [0.15, 0.2) is 0 Å². The van der Waals surface area contributed by atoms with E-state index in [4.69, 9.17) is 14.0 Å². The van der Waals surface area contributed by atoms with Gasteiger partial charge in [0, 0.05) is 19.9 Å². The number of hydrogen-bond acceptors (Lipinski definition) is 5. The summed E-state index contributed by atoms with van der Waals surface area (Å²) < 4.78 is 29.0. The monoisotopic (exact) mass is 493 g/mol. The quantitative estimate of drug-likeness (QED) is 0.0865. The molecule has 2 atom stereocenters. The van der Waals surface area contributed by atoms with Gasteiger partial charge in [0.2, 0.25) is 0 Å². The Morgan fingerprint density at radius 3 is 1.73 bits per heavy atom. The lowest BCUT2D eigenvalue weighted by Gasteiger charge is -2.28. The molecule has 0 aromatic carbocycles. The lowest BCUT2D eigenvalue weighted by Crippen LogP contribution is -2.37. The van der Waals surface area contributed by atoms with Gasteiger partial charge in [-0.25, -0.2) is 0 Å². The third-order valence-corrected chi connectivity index (χ3v) is 7.44. The fourth-order valence-electron chi connectivity index (χ4n) is 3.70. The summed E-state index contributed by atoms with van der Waals surface area (Å²) in [5, 5.41) is 0. The van der Waals surface area contributed by atoms with E-state index in [0.29, 0.717) is 30.7 Å². The van der Waals surface area contributed by atoms with E-state index in [1.54, 1.807) is 7.11 Å². The molecule has 0 saturated heterocycles. The van der Waals surface area contributed by atoms with Crippen molar-refractivity contribution in [3.63, 3.8) is 0 Å². The van der Waals surface area contributed by atoms with E-state index in [1.165, 1.54) is 83.5 Å². The van der Waals surface area contributed by atoms with Gasteiger partial charge < -0.3 is 27.9 Å². The van der Waals surface area contributed by atoms with Crippen molar-refractivity contribution in [1.29, 1.82) is 0 Å². The minimum absolute atomic E-state index is 0.00906. The first-order valence-electron chi connectivity index (χ1n) is 13.6. The smallest absolute Gasteiger partial charge is 0.135 e. The van der Waals surface area contributed by atoms with Crippen molar-refractivity contribution >= 4 is 7.60 Å². The van der Waals surface area contributed by atoms with Crippen LogP contribution in [0.1, 0.15) is 103 Å². The van der Waals surface area contributed by atoms with Gasteiger partial charge >= 0.3 is 0 Å². The van der Waals surface area contributed by atoms with Gasteiger partial charge in [-0.3, -0.25) is 0 Å². The lowest BCUT2D eigenvalue weighted by molar-refractivity contribution is -0.870. The van der Waals surface area contributed by atoms with Gasteiger partial charge in [0.1, 0.15) is 20.7 Å². The van der Waals surface area contributed by atoms with Gasteiger partial charge in [-0.1, -0.05) is 90.4 Å². The number of nitrogens with zero attached hydrogens (tertiary/aromatic N) is 1. The highest BCUT2D eigenvalue weighted by Gasteiger charge is 2.16. The van der Waals surface area contributed by atoms with E-state index in [-0.39, 0.29) is 18.9 Å². The molecule has 0 rings (SSSR count). The third kappa shape index (κ3) is 24.9. The number of hydrogen-bond donors (Lipinski definition) is 0. The Hall–Kier alpha value is 0.0300. The van der Waals surface area contributed by atoms with E-state index >= 15 is 0 Å². The van der Waals surface area contributed by atoms with E-state index < -0.39 is 7.60 Å². The van der Waals surface area contributed by atoms with Crippen LogP contribution in [0, 0.1) is 0 Å². The summed E-state index contributed by atoms with van der Waals surface area (Å²) in [6.07, 6.45) is 19.0. The Morgan fingerprint density at radius 2 is 1.27 bits per heavy atom. The maximum absolute atomic E-state index is 12.1. The minimum Gasteiger partial charge on any atom is -0.778 e. The van der Waals surface area contributed by atoms with Crippen molar-refractivity contribution in [3.05, 3.63) is 0 Å². The highest BCUT2D eigenvalue weighted by molar-refractivity contribution is 7.51. The molecule has 0 radical (unpaired) electrons. The molecule has 0 spiro atoms. The van der Waals surface area contributed by atoms with E-state index in [2.05, 4.69) is 6.92 Å². The van der Waals surface area contributed by atoms with E-state index in [9.17, 15) is 9.46 Å². The summed E-state index contributed by atoms with van der Waals surface area (Å²) in [4.78, 5) is 12.1. The van der Waals surface area contributed by atoms with Crippen LogP contribution in [-0.4, -0.2) is 71.4 Å². The molecule has 0 N–H and O–H groups in total. The Kier molecular flexibility index (Phi) is 21.3. The average Bonchev–Trinajstić information content (AvgIpc) is 2.74. The third-order valence-electron chi connectivity index (χ3n) is 6.05. The minimum atomic E-state index is -3.82. The van der Waals surface area contributed by atoms with Crippen molar-refractivity contribution in [2.75, 3.05) is 60.8 Å². The van der Waals surface area contributed by atoms with Gasteiger partial charge in [0.25, 0.3) is 0 Å². The number of quaternary nitrogens is 1. The largest absolute Gasteiger partial charge is 0.778 e. The molecule has 0 heterocycles. The molecule has 0 fully saturated rings. The van der Waals surface area contributed by atoms with Crippen molar-refractivity contribution in [2.24, 2.45) is 0 Å². The molecule has 6 nitrogen and oxygen atoms in total. The van der Waals surface area contributed by atoms with Gasteiger partial charge in [-0.05, 0) is 12.8 Å². The van der Waals surface area contributed by atoms with Crippen molar-refractivity contribution in [2.45, 2.75) is 109 Å². The van der Waals surface area contributed by atoms with Crippen LogP contribution >= 0.6 is 7.60 Å². The van der Waals surface area contributed by atoms with Crippen LogP contribution in [0.15, 0.2) is 0 Å². The first-order valence-corrected chi connectivity index (χ1v) is 15.3. The Balaban J connectivity index is 3.53. The number of methoxy groups -OCH3 is 1. The molecule has 7 heteroatoms. The lowest BCUT2D eigenvalue weighted by atomic mass is 10.0. The van der Waals surface area contributed by atoms with Crippen LogP contribution in [0.25, 0.3) is 0 Å². The van der Waals surface area contributed by atoms with Crippen LogP contribution in [0.2, 0.25) is 0 Å². The van der Waals surface area contributed by atoms with Crippen LogP contribution in [0.5, 0.6) is 0 Å². The average molecular weight is 494 g/mol. The second-order valence-electron chi connectivity index (χ2n) is 10.5. The molecular formula is C26H56NO5P. The summed E-state index contributed by atoms with van der Waals surface area (Å²) in [7, 11) is 3.82. The molecule has 0 aliphatic rings. The molecule has 0 aromatic heterocycles. The Bertz CT molecular complexity index is 470. The predicted molar refractivity (Wildman–Crippen MR) is 138 cm³/mol. The van der Waals surface area contributed by atoms with Crippen molar-refractivity contribution in [1.82, 2.24) is 0 Å². The van der Waals surface area contributed by atoms with Crippen molar-refractivity contribution in [3.8, 4) is 0 Å². The summed E-state index contributed by atoms with van der Waals surface area (Å²) >= 11 is 0. The number of unbranched alkanes of at least 4 members (excludes halogenated alkanes) is 13. The molecule has 0 bridgehead atoms. The number of rotatable bonds is 25. The first kappa shape index (κ1) is 33.0. The second kappa shape index (κ2) is 21.3. The Morgan fingerprint density at radius 1 is 0.788 bits per heavy atom. The second-order valence-corrected chi connectivity index (χ2v) is 12.4. The van der Waals surface area contributed by atoms with Gasteiger partial charge in [-0.2, -0.15) is 0 Å². The zero-order valence-electron chi connectivity index (χ0n) is 22.7. The molecular weight excluding hydrogens is 437 g/mol. The van der Waals surface area contributed by atoms with E-state index in [0.717, 1.165) is 6.42 Å². The molecule has 0 aromatic rings. The normalized spacial score (nSPS) is 15.0. The first-order chi connectivity index (χ1) is 15.7. The molecule has 0 aliphatic carbocycles. The molecule has 0 aliphatic heterocycles. The zero-order chi connectivity index (χ0) is 24.8. The summed E-state index contributed by atoms with van der Waals surface area (Å²) in [6.45, 7) is 4.30. The molecule has 200 valence electrons. The van der Waals surface area contributed by atoms with E-state index in [1.807, 2.05) is 21.1 Å². The van der Waals surface area contributed by atoms with Crippen LogP contribution in [-0.2, 0) is 18.6 Å². The summed E-state index contributed by atoms with van der Waals surface area (Å²) in [6, 6.07) is 0. The zero-order valence-corrected chi connectivity index (χ0v) is 23.5. The topological polar surface area (TPSA) is 67.8 Å². The maximum Gasteiger partial charge on any atom is 0.135 e. The summed E-state index contributed by atoms with van der Waals surface area (Å²) in [5.41, 5.74) is 0.